The average Bonchev–Trinajstić information content (AvgIpc) is 2.76. The summed E-state index contributed by atoms with van der Waals surface area (Å²) in [6.45, 7) is 2.54. The lowest BCUT2D eigenvalue weighted by Crippen LogP contribution is -2.42. The van der Waals surface area contributed by atoms with Crippen LogP contribution >= 0.6 is 0 Å². The van der Waals surface area contributed by atoms with E-state index in [9.17, 15) is 4.79 Å². The molecule has 3 aromatic carbocycles. The van der Waals surface area contributed by atoms with Crippen LogP contribution in [0.25, 0.3) is 11.0 Å². The average molecular weight is 380 g/mol. The minimum absolute atomic E-state index is 0.0140. The summed E-state index contributed by atoms with van der Waals surface area (Å²) in [7, 11) is 0. The first-order valence-corrected chi connectivity index (χ1v) is 9.63. The molecule has 0 fully saturated rings. The maximum absolute atomic E-state index is 13.4. The minimum atomic E-state index is -0.393. The number of anilines is 1. The molecule has 1 atom stereocenters. The standard InChI is InChI=1S/C24H20N4O/c1-16-10-12-17(13-11-16)15-28-23(27-19-7-3-2-6-18(19)24(28)29)22-14-25-20-8-4-5-9-21(20)26-22/h2-14,23,27H,15H2,1H3/t23-/m1/s1. The SMILES string of the molecule is Cc1ccc(CN2C(=O)c3ccccc3N[C@H]2c2cnc3ccccc3n2)cc1. The van der Waals surface area contributed by atoms with E-state index in [1.807, 2.05) is 53.4 Å². The molecule has 1 aromatic heterocycles. The molecule has 0 radical (unpaired) electrons. The van der Waals surface area contributed by atoms with Gasteiger partial charge in [-0.3, -0.25) is 9.78 Å². The second-order valence-corrected chi connectivity index (χ2v) is 7.29. The van der Waals surface area contributed by atoms with Crippen molar-refractivity contribution in [3.8, 4) is 0 Å². The topological polar surface area (TPSA) is 58.1 Å². The molecule has 5 rings (SSSR count). The molecule has 1 aliphatic rings. The van der Waals surface area contributed by atoms with Crippen molar-refractivity contribution in [2.45, 2.75) is 19.6 Å². The van der Waals surface area contributed by atoms with Crippen LogP contribution in [0.15, 0.2) is 79.0 Å². The molecule has 5 nitrogen and oxygen atoms in total. The third-order valence-corrected chi connectivity index (χ3v) is 5.24. The smallest absolute Gasteiger partial charge is 0.258 e. The van der Waals surface area contributed by atoms with Crippen molar-refractivity contribution >= 4 is 22.6 Å². The van der Waals surface area contributed by atoms with Crippen molar-refractivity contribution in [1.29, 1.82) is 0 Å². The Morgan fingerprint density at radius 2 is 1.66 bits per heavy atom. The van der Waals surface area contributed by atoms with E-state index in [0.29, 0.717) is 12.1 Å². The number of rotatable bonds is 3. The Balaban J connectivity index is 1.59. The number of hydrogen-bond acceptors (Lipinski definition) is 4. The number of carbonyl (C=O) groups is 1. The molecule has 0 unspecified atom stereocenters. The number of carbonyl (C=O) groups excluding carboxylic acids is 1. The molecule has 0 aliphatic carbocycles. The van der Waals surface area contributed by atoms with E-state index < -0.39 is 6.17 Å². The van der Waals surface area contributed by atoms with Gasteiger partial charge in [-0.1, -0.05) is 54.1 Å². The Hall–Kier alpha value is -3.73. The molecule has 29 heavy (non-hydrogen) atoms. The quantitative estimate of drug-likeness (QED) is 0.559. The van der Waals surface area contributed by atoms with Crippen molar-refractivity contribution in [2.75, 3.05) is 5.32 Å². The van der Waals surface area contributed by atoms with Gasteiger partial charge < -0.3 is 10.2 Å². The van der Waals surface area contributed by atoms with E-state index in [1.54, 1.807) is 6.20 Å². The van der Waals surface area contributed by atoms with Crippen molar-refractivity contribution in [3.05, 3.63) is 101 Å². The molecule has 0 saturated heterocycles. The van der Waals surface area contributed by atoms with Crippen molar-refractivity contribution in [3.63, 3.8) is 0 Å². The Labute approximate surface area is 169 Å². The van der Waals surface area contributed by atoms with Crippen LogP contribution in [-0.2, 0) is 6.54 Å². The van der Waals surface area contributed by atoms with E-state index in [0.717, 1.165) is 28.0 Å². The Morgan fingerprint density at radius 1 is 0.931 bits per heavy atom. The van der Waals surface area contributed by atoms with Gasteiger partial charge in [-0.15, -0.1) is 0 Å². The zero-order chi connectivity index (χ0) is 19.8. The second kappa shape index (κ2) is 7.02. The number of benzene rings is 3. The molecule has 1 N–H and O–H groups in total. The Morgan fingerprint density at radius 3 is 2.48 bits per heavy atom. The second-order valence-electron chi connectivity index (χ2n) is 7.29. The predicted molar refractivity (Wildman–Crippen MR) is 113 cm³/mol. The van der Waals surface area contributed by atoms with Gasteiger partial charge >= 0.3 is 0 Å². The summed E-state index contributed by atoms with van der Waals surface area (Å²) in [5.41, 5.74) is 6.13. The molecule has 142 valence electrons. The van der Waals surface area contributed by atoms with Crippen LogP contribution in [0, 0.1) is 6.92 Å². The number of para-hydroxylation sites is 3. The summed E-state index contributed by atoms with van der Waals surface area (Å²) in [5.74, 6) is -0.0140. The van der Waals surface area contributed by atoms with E-state index in [2.05, 4.69) is 41.5 Å². The van der Waals surface area contributed by atoms with Gasteiger partial charge in [-0.25, -0.2) is 4.98 Å². The fraction of sp³-hybridized carbons (Fsp3) is 0.125. The first-order chi connectivity index (χ1) is 14.2. The highest BCUT2D eigenvalue weighted by molar-refractivity contribution is 6.01. The minimum Gasteiger partial charge on any atom is -0.359 e. The number of aromatic nitrogens is 2. The van der Waals surface area contributed by atoms with Crippen LogP contribution in [0.4, 0.5) is 5.69 Å². The summed E-state index contributed by atoms with van der Waals surface area (Å²) in [6.07, 6.45) is 1.36. The molecule has 1 aliphatic heterocycles. The first kappa shape index (κ1) is 17.4. The number of nitrogens with zero attached hydrogens (tertiary/aromatic N) is 3. The van der Waals surface area contributed by atoms with Crippen molar-refractivity contribution in [1.82, 2.24) is 14.9 Å². The normalized spacial score (nSPS) is 15.8. The highest BCUT2D eigenvalue weighted by Gasteiger charge is 2.33. The summed E-state index contributed by atoms with van der Waals surface area (Å²) < 4.78 is 0. The monoisotopic (exact) mass is 380 g/mol. The molecule has 5 heteroatoms. The molecule has 0 saturated carbocycles. The largest absolute Gasteiger partial charge is 0.359 e. The third-order valence-electron chi connectivity index (χ3n) is 5.24. The van der Waals surface area contributed by atoms with Gasteiger partial charge in [0, 0.05) is 12.2 Å². The fourth-order valence-electron chi connectivity index (χ4n) is 3.68. The summed E-state index contributed by atoms with van der Waals surface area (Å²) in [4.78, 5) is 24.5. The fourth-order valence-corrected chi connectivity index (χ4v) is 3.68. The van der Waals surface area contributed by atoms with Gasteiger partial charge in [0.1, 0.15) is 11.9 Å². The number of nitrogens with one attached hydrogen (secondary N) is 1. The van der Waals surface area contributed by atoms with E-state index in [-0.39, 0.29) is 5.91 Å². The lowest BCUT2D eigenvalue weighted by molar-refractivity contribution is 0.0663. The van der Waals surface area contributed by atoms with Gasteiger partial charge in [0.25, 0.3) is 5.91 Å². The van der Waals surface area contributed by atoms with Crippen LogP contribution in [0.3, 0.4) is 0 Å². The zero-order valence-electron chi connectivity index (χ0n) is 16.0. The Bertz CT molecular complexity index is 1200. The number of hydrogen-bond donors (Lipinski definition) is 1. The molecule has 2 heterocycles. The lowest BCUT2D eigenvalue weighted by Gasteiger charge is -2.37. The van der Waals surface area contributed by atoms with E-state index in [4.69, 9.17) is 4.98 Å². The van der Waals surface area contributed by atoms with Crippen LogP contribution < -0.4 is 5.32 Å². The molecule has 1 amide bonds. The van der Waals surface area contributed by atoms with Gasteiger partial charge in [-0.05, 0) is 36.8 Å². The number of aryl methyl sites for hydroxylation is 1. The number of amides is 1. The van der Waals surface area contributed by atoms with Crippen molar-refractivity contribution in [2.24, 2.45) is 0 Å². The van der Waals surface area contributed by atoms with Crippen LogP contribution in [0.5, 0.6) is 0 Å². The molecule has 0 spiro atoms. The molecule has 4 aromatic rings. The predicted octanol–water partition coefficient (Wildman–Crippen LogP) is 4.70. The van der Waals surface area contributed by atoms with Crippen LogP contribution in [0.1, 0.15) is 33.3 Å². The molecule has 0 bridgehead atoms. The first-order valence-electron chi connectivity index (χ1n) is 9.63. The Kier molecular flexibility index (Phi) is 4.21. The summed E-state index contributed by atoms with van der Waals surface area (Å²) >= 11 is 0. The summed E-state index contributed by atoms with van der Waals surface area (Å²) in [6, 6.07) is 23.6. The van der Waals surface area contributed by atoms with Crippen LogP contribution in [0.2, 0.25) is 0 Å². The van der Waals surface area contributed by atoms with Gasteiger partial charge in [0.2, 0.25) is 0 Å². The molecular formula is C24H20N4O. The summed E-state index contributed by atoms with van der Waals surface area (Å²) in [5, 5.41) is 3.49. The maximum Gasteiger partial charge on any atom is 0.258 e. The van der Waals surface area contributed by atoms with Gasteiger partial charge in [0.05, 0.1) is 22.8 Å². The third kappa shape index (κ3) is 3.21. The maximum atomic E-state index is 13.4. The van der Waals surface area contributed by atoms with Crippen molar-refractivity contribution < 1.29 is 4.79 Å². The lowest BCUT2D eigenvalue weighted by atomic mass is 10.0. The van der Waals surface area contributed by atoms with Crippen LogP contribution in [-0.4, -0.2) is 20.8 Å². The zero-order valence-corrected chi connectivity index (χ0v) is 16.0. The van der Waals surface area contributed by atoms with Gasteiger partial charge in [0.15, 0.2) is 0 Å². The van der Waals surface area contributed by atoms with E-state index in [1.165, 1.54) is 5.56 Å². The highest BCUT2D eigenvalue weighted by atomic mass is 16.2. The number of fused-ring (bicyclic) bond motifs is 2. The molecular weight excluding hydrogens is 360 g/mol. The van der Waals surface area contributed by atoms with Gasteiger partial charge in [-0.2, -0.15) is 0 Å². The highest BCUT2D eigenvalue weighted by Crippen LogP contribution is 2.33. The van der Waals surface area contributed by atoms with E-state index >= 15 is 0 Å².